The van der Waals surface area contributed by atoms with Crippen molar-refractivity contribution < 1.29 is 13.6 Å². The van der Waals surface area contributed by atoms with Crippen LogP contribution in [0.25, 0.3) is 0 Å². The van der Waals surface area contributed by atoms with E-state index >= 15 is 0 Å². The van der Waals surface area contributed by atoms with E-state index in [-0.39, 0.29) is 24.0 Å². The third-order valence-electron chi connectivity index (χ3n) is 4.12. The quantitative estimate of drug-likeness (QED) is 0.690. The van der Waals surface area contributed by atoms with Gasteiger partial charge in [0.05, 0.1) is 12.5 Å². The first kappa shape index (κ1) is 17.8. The number of nitrogens with one attached hydrogen (secondary N) is 1. The lowest BCUT2D eigenvalue weighted by Gasteiger charge is -2.20. The van der Waals surface area contributed by atoms with Crippen molar-refractivity contribution in [2.75, 3.05) is 0 Å². The van der Waals surface area contributed by atoms with E-state index in [4.69, 9.17) is 0 Å². The predicted molar refractivity (Wildman–Crippen MR) is 97.5 cm³/mol. The minimum absolute atomic E-state index is 0.165. The molecule has 0 fully saturated rings. The van der Waals surface area contributed by atoms with Gasteiger partial charge in [-0.3, -0.25) is 4.79 Å². The van der Waals surface area contributed by atoms with Crippen LogP contribution < -0.4 is 5.32 Å². The number of rotatable bonds is 6. The Hall–Kier alpha value is -3.01. The van der Waals surface area contributed by atoms with Crippen LogP contribution in [0.1, 0.15) is 22.7 Å². The number of halogens is 2. The van der Waals surface area contributed by atoms with Crippen molar-refractivity contribution in [3.05, 3.63) is 107 Å². The van der Waals surface area contributed by atoms with Gasteiger partial charge in [0.15, 0.2) is 0 Å². The van der Waals surface area contributed by atoms with Crippen LogP contribution in [-0.2, 0) is 17.6 Å². The van der Waals surface area contributed by atoms with Gasteiger partial charge in [0, 0.05) is 0 Å². The third-order valence-corrected chi connectivity index (χ3v) is 4.12. The maximum Gasteiger partial charge on any atom is 0.224 e. The second kappa shape index (κ2) is 8.39. The molecule has 0 radical (unpaired) electrons. The van der Waals surface area contributed by atoms with Crippen LogP contribution in [0.3, 0.4) is 0 Å². The van der Waals surface area contributed by atoms with E-state index < -0.39 is 6.04 Å². The SMILES string of the molecule is O=C(Cc1ccccc1)NC(Cc1cccc(F)c1)c1cccc(F)c1. The highest BCUT2D eigenvalue weighted by Crippen LogP contribution is 2.20. The first-order chi connectivity index (χ1) is 12.6. The van der Waals surface area contributed by atoms with Crippen LogP contribution in [0.5, 0.6) is 0 Å². The van der Waals surface area contributed by atoms with Crippen molar-refractivity contribution >= 4 is 5.91 Å². The zero-order valence-corrected chi connectivity index (χ0v) is 14.2. The molecule has 0 aliphatic carbocycles. The van der Waals surface area contributed by atoms with E-state index in [2.05, 4.69) is 5.32 Å². The fourth-order valence-corrected chi connectivity index (χ4v) is 2.90. The Morgan fingerprint density at radius 3 is 2.15 bits per heavy atom. The standard InChI is InChI=1S/C22H19F2NO/c23-19-10-4-8-17(12-19)13-21(18-9-5-11-20(24)15-18)25-22(26)14-16-6-2-1-3-7-16/h1-12,15,21H,13-14H2,(H,25,26). The smallest absolute Gasteiger partial charge is 0.224 e. The van der Waals surface area contributed by atoms with Crippen LogP contribution in [0.4, 0.5) is 8.78 Å². The highest BCUT2D eigenvalue weighted by Gasteiger charge is 2.16. The van der Waals surface area contributed by atoms with Crippen LogP contribution in [-0.4, -0.2) is 5.91 Å². The summed E-state index contributed by atoms with van der Waals surface area (Å²) in [5, 5.41) is 2.95. The van der Waals surface area contributed by atoms with E-state index in [1.54, 1.807) is 24.3 Å². The molecule has 2 nitrogen and oxygen atoms in total. The zero-order chi connectivity index (χ0) is 18.4. The van der Waals surface area contributed by atoms with Gasteiger partial charge in [0.2, 0.25) is 5.91 Å². The molecule has 26 heavy (non-hydrogen) atoms. The minimum Gasteiger partial charge on any atom is -0.349 e. The van der Waals surface area contributed by atoms with E-state index in [0.717, 1.165) is 11.1 Å². The Bertz CT molecular complexity index is 880. The van der Waals surface area contributed by atoms with Crippen LogP contribution in [0.15, 0.2) is 78.9 Å². The lowest BCUT2D eigenvalue weighted by atomic mass is 9.98. The lowest BCUT2D eigenvalue weighted by molar-refractivity contribution is -0.121. The van der Waals surface area contributed by atoms with Gasteiger partial charge in [-0.15, -0.1) is 0 Å². The Morgan fingerprint density at radius 2 is 1.46 bits per heavy atom. The topological polar surface area (TPSA) is 29.1 Å². The van der Waals surface area contributed by atoms with Gasteiger partial charge in [-0.2, -0.15) is 0 Å². The molecule has 0 spiro atoms. The van der Waals surface area contributed by atoms with E-state index in [0.29, 0.717) is 12.0 Å². The molecule has 0 heterocycles. The molecule has 1 unspecified atom stereocenters. The van der Waals surface area contributed by atoms with Gasteiger partial charge in [0.25, 0.3) is 0 Å². The number of carbonyl (C=O) groups excluding carboxylic acids is 1. The summed E-state index contributed by atoms with van der Waals surface area (Å²) < 4.78 is 27.1. The highest BCUT2D eigenvalue weighted by molar-refractivity contribution is 5.79. The monoisotopic (exact) mass is 351 g/mol. The number of carbonyl (C=O) groups is 1. The molecular formula is C22H19F2NO. The molecule has 3 aromatic carbocycles. The number of hydrogen-bond donors (Lipinski definition) is 1. The van der Waals surface area contributed by atoms with Gasteiger partial charge in [-0.05, 0) is 47.4 Å². The third kappa shape index (κ3) is 4.99. The summed E-state index contributed by atoms with van der Waals surface area (Å²) in [4.78, 5) is 12.5. The van der Waals surface area contributed by atoms with Gasteiger partial charge in [-0.25, -0.2) is 8.78 Å². The molecule has 1 amide bonds. The second-order valence-corrected chi connectivity index (χ2v) is 6.17. The first-order valence-electron chi connectivity index (χ1n) is 8.43. The summed E-state index contributed by atoms with van der Waals surface area (Å²) in [6, 6.07) is 21.3. The molecule has 0 aliphatic heterocycles. The van der Waals surface area contributed by atoms with E-state index in [1.165, 1.54) is 24.3 Å². The number of benzene rings is 3. The maximum absolute atomic E-state index is 13.6. The summed E-state index contributed by atoms with van der Waals surface area (Å²) in [6.07, 6.45) is 0.609. The van der Waals surface area contributed by atoms with Crippen molar-refractivity contribution in [1.82, 2.24) is 5.32 Å². The van der Waals surface area contributed by atoms with Crippen LogP contribution in [0, 0.1) is 11.6 Å². The first-order valence-corrected chi connectivity index (χ1v) is 8.43. The Morgan fingerprint density at radius 1 is 0.808 bits per heavy atom. The molecule has 1 atom stereocenters. The largest absolute Gasteiger partial charge is 0.349 e. The summed E-state index contributed by atoms with van der Waals surface area (Å²) in [5.41, 5.74) is 2.28. The molecule has 3 aromatic rings. The molecule has 3 rings (SSSR count). The summed E-state index contributed by atoms with van der Waals surface area (Å²) in [5.74, 6) is -0.873. The Labute approximate surface area is 151 Å². The van der Waals surface area contributed by atoms with Gasteiger partial charge >= 0.3 is 0 Å². The summed E-state index contributed by atoms with van der Waals surface area (Å²) in [6.45, 7) is 0. The van der Waals surface area contributed by atoms with E-state index in [1.807, 2.05) is 30.3 Å². The molecule has 0 bridgehead atoms. The second-order valence-electron chi connectivity index (χ2n) is 6.17. The van der Waals surface area contributed by atoms with E-state index in [9.17, 15) is 13.6 Å². The van der Waals surface area contributed by atoms with Crippen molar-refractivity contribution in [3.63, 3.8) is 0 Å². The lowest BCUT2D eigenvalue weighted by Crippen LogP contribution is -2.31. The minimum atomic E-state index is -0.441. The number of amides is 1. The fourth-order valence-electron chi connectivity index (χ4n) is 2.90. The highest BCUT2D eigenvalue weighted by atomic mass is 19.1. The molecule has 0 saturated carbocycles. The van der Waals surface area contributed by atoms with Gasteiger partial charge in [-0.1, -0.05) is 54.6 Å². The zero-order valence-electron chi connectivity index (χ0n) is 14.2. The number of hydrogen-bond acceptors (Lipinski definition) is 1. The van der Waals surface area contributed by atoms with Crippen molar-refractivity contribution in [1.29, 1.82) is 0 Å². The molecule has 132 valence electrons. The normalized spacial score (nSPS) is 11.8. The molecule has 0 saturated heterocycles. The Kier molecular flexibility index (Phi) is 5.74. The summed E-state index contributed by atoms with van der Waals surface area (Å²) in [7, 11) is 0. The van der Waals surface area contributed by atoms with Crippen molar-refractivity contribution in [2.24, 2.45) is 0 Å². The van der Waals surface area contributed by atoms with Gasteiger partial charge < -0.3 is 5.32 Å². The fraction of sp³-hybridized carbons (Fsp3) is 0.136. The molecule has 0 aliphatic rings. The maximum atomic E-state index is 13.6. The average molecular weight is 351 g/mol. The summed E-state index contributed by atoms with van der Waals surface area (Å²) >= 11 is 0. The molecule has 4 heteroatoms. The van der Waals surface area contributed by atoms with Crippen molar-refractivity contribution in [3.8, 4) is 0 Å². The molecular weight excluding hydrogens is 332 g/mol. The molecule has 0 aromatic heterocycles. The average Bonchev–Trinajstić information content (AvgIpc) is 2.62. The van der Waals surface area contributed by atoms with Crippen LogP contribution >= 0.6 is 0 Å². The Balaban J connectivity index is 1.79. The molecule has 1 N–H and O–H groups in total. The van der Waals surface area contributed by atoms with Crippen molar-refractivity contribution in [2.45, 2.75) is 18.9 Å². The predicted octanol–water partition coefficient (Wildman–Crippen LogP) is 4.61. The van der Waals surface area contributed by atoms with Gasteiger partial charge in [0.1, 0.15) is 11.6 Å². The van der Waals surface area contributed by atoms with Crippen LogP contribution in [0.2, 0.25) is 0 Å².